The van der Waals surface area contributed by atoms with Crippen molar-refractivity contribution in [1.82, 2.24) is 10.6 Å². The van der Waals surface area contributed by atoms with Crippen LogP contribution in [0.2, 0.25) is 5.02 Å². The highest BCUT2D eigenvalue weighted by Gasteiger charge is 2.23. The van der Waals surface area contributed by atoms with Gasteiger partial charge in [-0.1, -0.05) is 17.7 Å². The molecule has 1 aliphatic heterocycles. The number of nitrogens with one attached hydrogen (secondary N) is 2. The van der Waals surface area contributed by atoms with Crippen molar-refractivity contribution in [1.29, 1.82) is 0 Å². The molecule has 0 aromatic heterocycles. The van der Waals surface area contributed by atoms with E-state index in [0.717, 1.165) is 5.56 Å². The molecule has 2 atom stereocenters. The molecule has 1 heterocycles. The molecule has 0 radical (unpaired) electrons. The van der Waals surface area contributed by atoms with Gasteiger partial charge in [0, 0.05) is 19.1 Å². The van der Waals surface area contributed by atoms with Crippen LogP contribution in [0.15, 0.2) is 18.2 Å². The number of benzene rings is 1. The van der Waals surface area contributed by atoms with Gasteiger partial charge in [0.15, 0.2) is 0 Å². The standard InChI is InChI=1S/C13H16ClFN2O2/c14-11-3-8(1-2-12(11)18)4-13(19)17-7-10-5-9(15)6-16-10/h1-3,9-10,16,18H,4-7H2,(H,17,19)/t9-,10-/m0/s1. The van der Waals surface area contributed by atoms with Gasteiger partial charge in [0.1, 0.15) is 11.9 Å². The number of hydrogen-bond donors (Lipinski definition) is 3. The summed E-state index contributed by atoms with van der Waals surface area (Å²) < 4.78 is 12.9. The average Bonchev–Trinajstić information content (AvgIpc) is 2.77. The van der Waals surface area contributed by atoms with E-state index in [1.54, 1.807) is 12.1 Å². The van der Waals surface area contributed by atoms with Gasteiger partial charge in [-0.2, -0.15) is 0 Å². The molecule has 6 heteroatoms. The average molecular weight is 287 g/mol. The third-order valence-corrected chi connectivity index (χ3v) is 3.39. The number of carbonyl (C=O) groups excluding carboxylic acids is 1. The molecule has 2 rings (SSSR count). The number of rotatable bonds is 4. The van der Waals surface area contributed by atoms with Crippen molar-refractivity contribution in [2.45, 2.75) is 25.1 Å². The van der Waals surface area contributed by atoms with Crippen LogP contribution in [0.4, 0.5) is 4.39 Å². The quantitative estimate of drug-likeness (QED) is 0.784. The van der Waals surface area contributed by atoms with E-state index in [0.29, 0.717) is 19.5 Å². The molecule has 104 valence electrons. The lowest BCUT2D eigenvalue weighted by Gasteiger charge is -2.11. The van der Waals surface area contributed by atoms with Crippen molar-refractivity contribution in [3.63, 3.8) is 0 Å². The first-order valence-corrected chi connectivity index (χ1v) is 6.54. The Balaban J connectivity index is 1.79. The van der Waals surface area contributed by atoms with Gasteiger partial charge in [-0.15, -0.1) is 0 Å². The van der Waals surface area contributed by atoms with Gasteiger partial charge in [-0.25, -0.2) is 4.39 Å². The van der Waals surface area contributed by atoms with Gasteiger partial charge in [0.05, 0.1) is 11.4 Å². The predicted molar refractivity (Wildman–Crippen MR) is 71.1 cm³/mol. The summed E-state index contributed by atoms with van der Waals surface area (Å²) in [6.45, 7) is 0.777. The van der Waals surface area contributed by atoms with Crippen LogP contribution in [0.3, 0.4) is 0 Å². The zero-order valence-corrected chi connectivity index (χ0v) is 11.1. The molecule has 1 aromatic carbocycles. The lowest BCUT2D eigenvalue weighted by atomic mass is 10.1. The Labute approximate surface area is 116 Å². The van der Waals surface area contributed by atoms with Crippen LogP contribution >= 0.6 is 11.6 Å². The smallest absolute Gasteiger partial charge is 0.224 e. The highest BCUT2D eigenvalue weighted by atomic mass is 35.5. The van der Waals surface area contributed by atoms with Crippen molar-refractivity contribution >= 4 is 17.5 Å². The summed E-state index contributed by atoms with van der Waals surface area (Å²) in [7, 11) is 0. The Bertz CT molecular complexity index is 470. The first kappa shape index (κ1) is 14.1. The maximum absolute atomic E-state index is 12.9. The molecule has 0 aliphatic carbocycles. The lowest BCUT2D eigenvalue weighted by molar-refractivity contribution is -0.120. The van der Waals surface area contributed by atoms with E-state index >= 15 is 0 Å². The minimum Gasteiger partial charge on any atom is -0.506 e. The summed E-state index contributed by atoms with van der Waals surface area (Å²) in [5.41, 5.74) is 0.725. The summed E-state index contributed by atoms with van der Waals surface area (Å²) in [4.78, 5) is 11.7. The van der Waals surface area contributed by atoms with Crippen LogP contribution in [0.25, 0.3) is 0 Å². The predicted octanol–water partition coefficient (Wildman–Crippen LogP) is 1.40. The van der Waals surface area contributed by atoms with E-state index in [2.05, 4.69) is 10.6 Å². The van der Waals surface area contributed by atoms with Crippen molar-refractivity contribution in [2.75, 3.05) is 13.1 Å². The van der Waals surface area contributed by atoms with Gasteiger partial charge in [-0.3, -0.25) is 4.79 Å². The number of halogens is 2. The highest BCUT2D eigenvalue weighted by Crippen LogP contribution is 2.23. The second-order valence-electron chi connectivity index (χ2n) is 4.70. The molecule has 1 aromatic rings. The van der Waals surface area contributed by atoms with E-state index in [1.165, 1.54) is 6.07 Å². The fourth-order valence-electron chi connectivity index (χ4n) is 2.07. The maximum atomic E-state index is 12.9. The van der Waals surface area contributed by atoms with Gasteiger partial charge < -0.3 is 15.7 Å². The summed E-state index contributed by atoms with van der Waals surface area (Å²) in [5.74, 6) is -0.152. The second kappa shape index (κ2) is 6.21. The van der Waals surface area contributed by atoms with Gasteiger partial charge in [-0.05, 0) is 24.1 Å². The summed E-state index contributed by atoms with van der Waals surface area (Å²) in [6, 6.07) is 4.66. The normalized spacial score (nSPS) is 22.4. The Morgan fingerprint density at radius 2 is 2.37 bits per heavy atom. The molecule has 1 fully saturated rings. The fraction of sp³-hybridized carbons (Fsp3) is 0.462. The minimum atomic E-state index is -0.821. The molecule has 1 amide bonds. The number of carbonyl (C=O) groups is 1. The third kappa shape index (κ3) is 4.08. The third-order valence-electron chi connectivity index (χ3n) is 3.09. The maximum Gasteiger partial charge on any atom is 0.224 e. The zero-order chi connectivity index (χ0) is 13.8. The molecule has 4 nitrogen and oxygen atoms in total. The van der Waals surface area contributed by atoms with Gasteiger partial charge in [0.25, 0.3) is 0 Å². The van der Waals surface area contributed by atoms with Crippen LogP contribution in [0.1, 0.15) is 12.0 Å². The number of aromatic hydroxyl groups is 1. The Morgan fingerprint density at radius 1 is 1.58 bits per heavy atom. The van der Waals surface area contributed by atoms with Crippen molar-refractivity contribution in [2.24, 2.45) is 0 Å². The number of amides is 1. The molecule has 19 heavy (non-hydrogen) atoms. The summed E-state index contributed by atoms with van der Waals surface area (Å²) in [6.07, 6.45) is -0.199. The topological polar surface area (TPSA) is 61.4 Å². The van der Waals surface area contributed by atoms with E-state index < -0.39 is 6.17 Å². The Morgan fingerprint density at radius 3 is 3.00 bits per heavy atom. The molecule has 1 saturated heterocycles. The van der Waals surface area contributed by atoms with Crippen LogP contribution in [0, 0.1) is 0 Å². The van der Waals surface area contributed by atoms with Crippen LogP contribution in [-0.4, -0.2) is 36.3 Å². The molecule has 3 N–H and O–H groups in total. The van der Waals surface area contributed by atoms with Crippen molar-refractivity contribution < 1.29 is 14.3 Å². The number of phenols is 1. The first-order chi connectivity index (χ1) is 9.04. The molecule has 1 aliphatic rings. The molecular weight excluding hydrogens is 271 g/mol. The Hall–Kier alpha value is -1.33. The largest absolute Gasteiger partial charge is 0.506 e. The van der Waals surface area contributed by atoms with E-state index in [9.17, 15) is 14.3 Å². The number of alkyl halides is 1. The summed E-state index contributed by atoms with van der Waals surface area (Å²) in [5, 5.41) is 15.3. The van der Waals surface area contributed by atoms with Crippen molar-refractivity contribution in [3.8, 4) is 5.75 Å². The molecule has 0 spiro atoms. The van der Waals surface area contributed by atoms with Crippen LogP contribution in [0.5, 0.6) is 5.75 Å². The highest BCUT2D eigenvalue weighted by molar-refractivity contribution is 6.32. The molecule has 0 saturated carbocycles. The van der Waals surface area contributed by atoms with E-state index in [1.807, 2.05) is 0 Å². The molecule has 0 unspecified atom stereocenters. The first-order valence-electron chi connectivity index (χ1n) is 6.16. The number of hydrogen-bond acceptors (Lipinski definition) is 3. The fourth-order valence-corrected chi connectivity index (χ4v) is 2.27. The van der Waals surface area contributed by atoms with E-state index in [-0.39, 0.29) is 29.1 Å². The van der Waals surface area contributed by atoms with E-state index in [4.69, 9.17) is 11.6 Å². The minimum absolute atomic E-state index is 0.00218. The van der Waals surface area contributed by atoms with Crippen molar-refractivity contribution in [3.05, 3.63) is 28.8 Å². The van der Waals surface area contributed by atoms with Gasteiger partial charge >= 0.3 is 0 Å². The summed E-state index contributed by atoms with van der Waals surface area (Å²) >= 11 is 5.76. The lowest BCUT2D eigenvalue weighted by Crippen LogP contribution is -2.37. The second-order valence-corrected chi connectivity index (χ2v) is 5.11. The number of phenolic OH excluding ortho intramolecular Hbond substituents is 1. The zero-order valence-electron chi connectivity index (χ0n) is 10.3. The molecular formula is C13H16ClFN2O2. The Kier molecular flexibility index (Phi) is 4.61. The van der Waals surface area contributed by atoms with Gasteiger partial charge in [0.2, 0.25) is 5.91 Å². The molecule has 0 bridgehead atoms. The SMILES string of the molecule is O=C(Cc1ccc(O)c(Cl)c1)NC[C@@H]1C[C@H](F)CN1. The monoisotopic (exact) mass is 286 g/mol. The van der Waals surface area contributed by atoms with Crippen LogP contribution < -0.4 is 10.6 Å². The van der Waals surface area contributed by atoms with Crippen LogP contribution in [-0.2, 0) is 11.2 Å².